The molecule has 0 atom stereocenters. The maximum Gasteiger partial charge on any atom is 0.270 e. The predicted molar refractivity (Wildman–Crippen MR) is 83.6 cm³/mol. The van der Waals surface area contributed by atoms with E-state index in [2.05, 4.69) is 10.3 Å². The van der Waals surface area contributed by atoms with E-state index in [1.165, 1.54) is 16.9 Å². The summed E-state index contributed by atoms with van der Waals surface area (Å²) < 4.78 is 5.59. The molecule has 5 nitrogen and oxygen atoms in total. The summed E-state index contributed by atoms with van der Waals surface area (Å²) in [4.78, 5) is 15.9. The highest BCUT2D eigenvalue weighted by Gasteiger charge is 2.09. The van der Waals surface area contributed by atoms with E-state index in [-0.39, 0.29) is 5.91 Å². The van der Waals surface area contributed by atoms with Crippen molar-refractivity contribution in [3.05, 3.63) is 45.9 Å². The SMILES string of the molecule is Cc1ccc(OCCCNC(=O)c2csc(CN)n2)cc1. The molecule has 0 saturated carbocycles. The molecule has 2 aromatic rings. The van der Waals surface area contributed by atoms with Gasteiger partial charge in [0.1, 0.15) is 16.5 Å². The van der Waals surface area contributed by atoms with Crippen LogP contribution in [0.2, 0.25) is 0 Å². The highest BCUT2D eigenvalue weighted by atomic mass is 32.1. The lowest BCUT2D eigenvalue weighted by molar-refractivity contribution is 0.0947. The van der Waals surface area contributed by atoms with Crippen molar-refractivity contribution in [1.29, 1.82) is 0 Å². The molecular weight excluding hydrogens is 286 g/mol. The molecule has 0 aliphatic carbocycles. The number of nitrogens with one attached hydrogen (secondary N) is 1. The lowest BCUT2D eigenvalue weighted by Gasteiger charge is -2.07. The van der Waals surface area contributed by atoms with Gasteiger partial charge in [0.25, 0.3) is 5.91 Å². The fraction of sp³-hybridized carbons (Fsp3) is 0.333. The molecular formula is C15H19N3O2S. The molecule has 0 saturated heterocycles. The minimum atomic E-state index is -0.165. The predicted octanol–water partition coefficient (Wildman–Crippen LogP) is 2.11. The van der Waals surface area contributed by atoms with Crippen molar-refractivity contribution in [2.75, 3.05) is 13.2 Å². The number of aryl methyl sites for hydroxylation is 1. The number of ether oxygens (including phenoxy) is 1. The summed E-state index contributed by atoms with van der Waals surface area (Å²) in [5.41, 5.74) is 7.10. The number of hydrogen-bond acceptors (Lipinski definition) is 5. The van der Waals surface area contributed by atoms with E-state index in [9.17, 15) is 4.79 Å². The second-order valence-electron chi connectivity index (χ2n) is 4.60. The van der Waals surface area contributed by atoms with Crippen LogP contribution in [0.3, 0.4) is 0 Å². The van der Waals surface area contributed by atoms with E-state index in [0.717, 1.165) is 17.2 Å². The monoisotopic (exact) mass is 305 g/mol. The van der Waals surface area contributed by atoms with Crippen molar-refractivity contribution in [3.63, 3.8) is 0 Å². The summed E-state index contributed by atoms with van der Waals surface area (Å²) >= 11 is 1.40. The molecule has 1 heterocycles. The van der Waals surface area contributed by atoms with Gasteiger partial charge >= 0.3 is 0 Å². The summed E-state index contributed by atoms with van der Waals surface area (Å²) in [6.45, 7) is 3.52. The van der Waals surface area contributed by atoms with Gasteiger partial charge in [-0.1, -0.05) is 17.7 Å². The topological polar surface area (TPSA) is 77.2 Å². The van der Waals surface area contributed by atoms with Crippen LogP contribution in [0.5, 0.6) is 5.75 Å². The third-order valence-electron chi connectivity index (χ3n) is 2.86. The lowest BCUT2D eigenvalue weighted by Crippen LogP contribution is -2.25. The zero-order valence-electron chi connectivity index (χ0n) is 12.0. The van der Waals surface area contributed by atoms with Gasteiger partial charge in [0.05, 0.1) is 6.61 Å². The number of hydrogen-bond donors (Lipinski definition) is 2. The number of carbonyl (C=O) groups is 1. The summed E-state index contributed by atoms with van der Waals surface area (Å²) in [6, 6.07) is 7.90. The molecule has 0 spiro atoms. The van der Waals surface area contributed by atoms with Crippen molar-refractivity contribution in [2.45, 2.75) is 19.9 Å². The Morgan fingerprint density at radius 1 is 1.38 bits per heavy atom. The number of thiazole rings is 1. The van der Waals surface area contributed by atoms with E-state index in [1.807, 2.05) is 31.2 Å². The Morgan fingerprint density at radius 2 is 2.14 bits per heavy atom. The molecule has 0 unspecified atom stereocenters. The Kier molecular flexibility index (Phi) is 5.71. The van der Waals surface area contributed by atoms with E-state index >= 15 is 0 Å². The molecule has 0 fully saturated rings. The average Bonchev–Trinajstić information content (AvgIpc) is 2.98. The molecule has 1 amide bonds. The van der Waals surface area contributed by atoms with Gasteiger partial charge in [-0.05, 0) is 25.5 Å². The second kappa shape index (κ2) is 7.75. The lowest BCUT2D eigenvalue weighted by atomic mass is 10.2. The van der Waals surface area contributed by atoms with Crippen LogP contribution in [0, 0.1) is 6.92 Å². The standard InChI is InChI=1S/C15H19N3O2S/c1-11-3-5-12(6-4-11)20-8-2-7-17-15(19)13-10-21-14(9-16)18-13/h3-6,10H,2,7-9,16H2,1H3,(H,17,19). The van der Waals surface area contributed by atoms with E-state index < -0.39 is 0 Å². The number of nitrogens with zero attached hydrogens (tertiary/aromatic N) is 1. The second-order valence-corrected chi connectivity index (χ2v) is 5.54. The smallest absolute Gasteiger partial charge is 0.270 e. The Morgan fingerprint density at radius 3 is 2.81 bits per heavy atom. The number of nitrogens with two attached hydrogens (primary N) is 1. The first-order valence-corrected chi connectivity index (χ1v) is 7.69. The van der Waals surface area contributed by atoms with Gasteiger partial charge in [0, 0.05) is 18.5 Å². The highest BCUT2D eigenvalue weighted by Crippen LogP contribution is 2.11. The van der Waals surface area contributed by atoms with Crippen LogP contribution in [-0.4, -0.2) is 24.0 Å². The van der Waals surface area contributed by atoms with Crippen molar-refractivity contribution in [3.8, 4) is 5.75 Å². The number of carbonyl (C=O) groups excluding carboxylic acids is 1. The average molecular weight is 305 g/mol. The Bertz CT molecular complexity index is 581. The molecule has 6 heteroatoms. The zero-order valence-corrected chi connectivity index (χ0v) is 12.8. The summed E-state index contributed by atoms with van der Waals surface area (Å²) in [5, 5.41) is 5.31. The van der Waals surface area contributed by atoms with Gasteiger partial charge in [-0.2, -0.15) is 0 Å². The van der Waals surface area contributed by atoms with Crippen LogP contribution >= 0.6 is 11.3 Å². The van der Waals surface area contributed by atoms with E-state index in [0.29, 0.717) is 25.4 Å². The molecule has 112 valence electrons. The molecule has 0 radical (unpaired) electrons. The van der Waals surface area contributed by atoms with Gasteiger partial charge in [0.15, 0.2) is 0 Å². The van der Waals surface area contributed by atoms with Gasteiger partial charge in [0.2, 0.25) is 0 Å². The molecule has 3 N–H and O–H groups in total. The van der Waals surface area contributed by atoms with Crippen molar-refractivity contribution in [2.24, 2.45) is 5.73 Å². The van der Waals surface area contributed by atoms with Gasteiger partial charge in [-0.15, -0.1) is 11.3 Å². The number of aromatic nitrogens is 1. The largest absolute Gasteiger partial charge is 0.494 e. The molecule has 0 aliphatic rings. The highest BCUT2D eigenvalue weighted by molar-refractivity contribution is 7.09. The van der Waals surface area contributed by atoms with Crippen LogP contribution in [0.15, 0.2) is 29.6 Å². The van der Waals surface area contributed by atoms with Crippen LogP contribution in [-0.2, 0) is 6.54 Å². The number of amides is 1. The molecule has 1 aromatic carbocycles. The van der Waals surface area contributed by atoms with Crippen molar-refractivity contribution < 1.29 is 9.53 Å². The summed E-state index contributed by atoms with van der Waals surface area (Å²) in [6.07, 6.45) is 0.744. The molecule has 0 bridgehead atoms. The van der Waals surface area contributed by atoms with Crippen LogP contribution in [0.4, 0.5) is 0 Å². The van der Waals surface area contributed by atoms with Gasteiger partial charge in [-0.3, -0.25) is 4.79 Å². The van der Waals surface area contributed by atoms with Crippen LogP contribution < -0.4 is 15.8 Å². The zero-order chi connectivity index (χ0) is 15.1. The first-order chi connectivity index (χ1) is 10.2. The molecule has 2 rings (SSSR count). The quantitative estimate of drug-likeness (QED) is 0.768. The van der Waals surface area contributed by atoms with Crippen molar-refractivity contribution >= 4 is 17.2 Å². The maximum absolute atomic E-state index is 11.8. The fourth-order valence-corrected chi connectivity index (χ4v) is 2.35. The third kappa shape index (κ3) is 4.84. The van der Waals surface area contributed by atoms with Crippen LogP contribution in [0.25, 0.3) is 0 Å². The van der Waals surface area contributed by atoms with E-state index in [4.69, 9.17) is 10.5 Å². The summed E-state index contributed by atoms with van der Waals surface area (Å²) in [5.74, 6) is 0.681. The maximum atomic E-state index is 11.8. The Hall–Kier alpha value is -1.92. The number of benzene rings is 1. The molecule has 21 heavy (non-hydrogen) atoms. The van der Waals surface area contributed by atoms with E-state index in [1.54, 1.807) is 5.38 Å². The summed E-state index contributed by atoms with van der Waals surface area (Å²) in [7, 11) is 0. The minimum absolute atomic E-state index is 0.165. The van der Waals surface area contributed by atoms with Gasteiger partial charge in [-0.25, -0.2) is 4.98 Å². The normalized spacial score (nSPS) is 10.4. The fourth-order valence-electron chi connectivity index (χ4n) is 1.70. The van der Waals surface area contributed by atoms with Crippen LogP contribution in [0.1, 0.15) is 27.5 Å². The minimum Gasteiger partial charge on any atom is -0.494 e. The third-order valence-corrected chi connectivity index (χ3v) is 3.73. The first-order valence-electron chi connectivity index (χ1n) is 6.81. The Labute approximate surface area is 128 Å². The Balaban J connectivity index is 1.65. The van der Waals surface area contributed by atoms with Crippen molar-refractivity contribution in [1.82, 2.24) is 10.3 Å². The molecule has 0 aliphatic heterocycles. The molecule has 1 aromatic heterocycles. The number of rotatable bonds is 7. The van der Waals surface area contributed by atoms with Gasteiger partial charge < -0.3 is 15.8 Å². The first kappa shape index (κ1) is 15.5.